The molecule has 0 bridgehead atoms. The van der Waals surface area contributed by atoms with Crippen molar-refractivity contribution in [2.45, 2.75) is 18.2 Å². The highest BCUT2D eigenvalue weighted by molar-refractivity contribution is 7.99. The van der Waals surface area contributed by atoms with Gasteiger partial charge in [0.15, 0.2) is 17.4 Å². The first-order valence-electron chi connectivity index (χ1n) is 7.65. The molecule has 11 heteroatoms. The second kappa shape index (κ2) is 8.08. The Hall–Kier alpha value is -3.08. The average Bonchev–Trinajstić information content (AvgIpc) is 3.09. The monoisotopic (exact) mass is 394 g/mol. The third-order valence-corrected chi connectivity index (χ3v) is 4.30. The third-order valence-electron chi connectivity index (χ3n) is 3.48. The van der Waals surface area contributed by atoms with Gasteiger partial charge in [-0.15, -0.1) is 10.2 Å². The molecule has 0 aliphatic heterocycles. The Kier molecular flexibility index (Phi) is 5.60. The average molecular weight is 394 g/mol. The molecule has 0 atom stereocenters. The first-order valence-corrected chi connectivity index (χ1v) is 8.64. The van der Waals surface area contributed by atoms with Crippen LogP contribution in [0.25, 0.3) is 0 Å². The van der Waals surface area contributed by atoms with E-state index in [2.05, 4.69) is 15.2 Å². The summed E-state index contributed by atoms with van der Waals surface area (Å²) in [5, 5.41) is 7.72. The van der Waals surface area contributed by atoms with E-state index in [-0.39, 0.29) is 35.4 Å². The van der Waals surface area contributed by atoms with Gasteiger partial charge in [-0.05, 0) is 18.2 Å². The van der Waals surface area contributed by atoms with Gasteiger partial charge in [-0.1, -0.05) is 11.8 Å². The number of ketones is 1. The molecule has 1 N–H and O–H groups in total. The summed E-state index contributed by atoms with van der Waals surface area (Å²) in [6.07, 6.45) is 1.60. The molecule has 0 radical (unpaired) electrons. The number of aromatic amines is 1. The molecular weight excluding hydrogens is 382 g/mol. The van der Waals surface area contributed by atoms with Crippen molar-refractivity contribution in [3.8, 4) is 0 Å². The highest BCUT2D eigenvalue weighted by atomic mass is 32.2. The Bertz CT molecular complexity index is 1090. The number of halogens is 2. The lowest BCUT2D eigenvalue weighted by Gasteiger charge is -2.01. The quantitative estimate of drug-likeness (QED) is 0.476. The van der Waals surface area contributed by atoms with E-state index in [4.69, 9.17) is 4.42 Å². The van der Waals surface area contributed by atoms with Crippen molar-refractivity contribution >= 4 is 17.5 Å². The predicted molar refractivity (Wildman–Crippen MR) is 90.7 cm³/mol. The van der Waals surface area contributed by atoms with Gasteiger partial charge < -0.3 is 8.98 Å². The summed E-state index contributed by atoms with van der Waals surface area (Å²) in [7, 11) is 0. The molecule has 1 aromatic carbocycles. The number of Topliss-reactive ketones (excluding diaryl/α,β-unsaturated/α-hetero) is 1. The summed E-state index contributed by atoms with van der Waals surface area (Å²) in [5.74, 6) is -2.38. The molecule has 140 valence electrons. The fourth-order valence-corrected chi connectivity index (χ4v) is 2.79. The van der Waals surface area contributed by atoms with Crippen LogP contribution in [0.1, 0.15) is 16.2 Å². The zero-order chi connectivity index (χ0) is 19.4. The Balaban J connectivity index is 1.56. The number of nitrogens with zero attached hydrogens (tertiary/aromatic N) is 3. The van der Waals surface area contributed by atoms with Gasteiger partial charge in [-0.25, -0.2) is 13.6 Å². The maximum Gasteiger partial charge on any atom is 0.328 e. The molecule has 2 heterocycles. The van der Waals surface area contributed by atoms with Crippen molar-refractivity contribution in [2.75, 3.05) is 5.75 Å². The topological polar surface area (TPSA) is 111 Å². The van der Waals surface area contributed by atoms with E-state index in [1.807, 2.05) is 0 Å². The van der Waals surface area contributed by atoms with Gasteiger partial charge in [0.2, 0.25) is 5.89 Å². The van der Waals surface area contributed by atoms with Crippen LogP contribution in [0.4, 0.5) is 8.78 Å². The van der Waals surface area contributed by atoms with Crippen LogP contribution in [0.2, 0.25) is 0 Å². The summed E-state index contributed by atoms with van der Waals surface area (Å²) in [6.45, 7) is 0.218. The van der Waals surface area contributed by atoms with Crippen LogP contribution in [0, 0.1) is 11.6 Å². The van der Waals surface area contributed by atoms with Crippen LogP contribution < -0.4 is 11.2 Å². The molecule has 2 aromatic heterocycles. The zero-order valence-corrected chi connectivity index (χ0v) is 14.5. The highest BCUT2D eigenvalue weighted by Gasteiger charge is 2.13. The Morgan fingerprint density at radius 1 is 1.19 bits per heavy atom. The minimum Gasteiger partial charge on any atom is -0.416 e. The number of rotatable bonds is 7. The number of hydrogen-bond donors (Lipinski definition) is 1. The second-order valence-electron chi connectivity index (χ2n) is 5.36. The van der Waals surface area contributed by atoms with Crippen LogP contribution in [0.5, 0.6) is 0 Å². The van der Waals surface area contributed by atoms with E-state index in [1.165, 1.54) is 22.9 Å². The number of carbonyl (C=O) groups excluding carboxylic acids is 1. The van der Waals surface area contributed by atoms with E-state index in [0.717, 1.165) is 23.9 Å². The molecule has 0 spiro atoms. The van der Waals surface area contributed by atoms with E-state index in [9.17, 15) is 23.2 Å². The number of hydrogen-bond acceptors (Lipinski definition) is 7. The zero-order valence-electron chi connectivity index (χ0n) is 13.6. The van der Waals surface area contributed by atoms with E-state index >= 15 is 0 Å². The smallest absolute Gasteiger partial charge is 0.328 e. The fraction of sp³-hybridized carbons (Fsp3) is 0.188. The molecule has 8 nitrogen and oxygen atoms in total. The van der Waals surface area contributed by atoms with Gasteiger partial charge in [0.05, 0.1) is 5.75 Å². The van der Waals surface area contributed by atoms with Crippen molar-refractivity contribution in [1.82, 2.24) is 19.7 Å². The highest BCUT2D eigenvalue weighted by Crippen LogP contribution is 2.19. The van der Waals surface area contributed by atoms with Gasteiger partial charge in [-0.3, -0.25) is 14.6 Å². The minimum absolute atomic E-state index is 0.0404. The van der Waals surface area contributed by atoms with Gasteiger partial charge in [-0.2, -0.15) is 0 Å². The number of carbonyl (C=O) groups is 1. The molecule has 0 saturated carbocycles. The molecule has 3 rings (SSSR count). The van der Waals surface area contributed by atoms with Gasteiger partial charge in [0, 0.05) is 30.8 Å². The molecule has 0 aliphatic carbocycles. The van der Waals surface area contributed by atoms with Crippen molar-refractivity contribution in [1.29, 1.82) is 0 Å². The summed E-state index contributed by atoms with van der Waals surface area (Å²) in [5.41, 5.74) is -0.995. The Morgan fingerprint density at radius 2 is 2.00 bits per heavy atom. The van der Waals surface area contributed by atoms with Crippen molar-refractivity contribution in [3.63, 3.8) is 0 Å². The molecule has 27 heavy (non-hydrogen) atoms. The number of benzene rings is 1. The van der Waals surface area contributed by atoms with Gasteiger partial charge >= 0.3 is 5.69 Å². The molecule has 3 aromatic rings. The van der Waals surface area contributed by atoms with Crippen LogP contribution in [-0.2, 0) is 13.0 Å². The Labute approximate surface area is 154 Å². The normalized spacial score (nSPS) is 10.9. The standard InChI is InChI=1S/C16H12F2N4O4S/c17-10-2-1-9(7-11(10)18)12(23)8-27-16-21-20-14(26-16)4-6-22-5-3-13(24)19-15(22)25/h1-3,5,7H,4,6,8H2,(H,19,24,25). The maximum atomic E-state index is 13.2. The van der Waals surface area contributed by atoms with Crippen molar-refractivity contribution in [3.05, 3.63) is 74.4 Å². The molecule has 0 saturated heterocycles. The number of H-pyrrole nitrogens is 1. The summed E-state index contributed by atoms with van der Waals surface area (Å²) in [6, 6.07) is 4.14. The number of nitrogens with one attached hydrogen (secondary N) is 1. The van der Waals surface area contributed by atoms with E-state index in [0.29, 0.717) is 0 Å². The lowest BCUT2D eigenvalue weighted by molar-refractivity contribution is 0.102. The van der Waals surface area contributed by atoms with Crippen LogP contribution in [0.15, 0.2) is 49.7 Å². The second-order valence-corrected chi connectivity index (χ2v) is 6.28. The van der Waals surface area contributed by atoms with Crippen LogP contribution in [-0.4, -0.2) is 31.3 Å². The fourth-order valence-electron chi connectivity index (χ4n) is 2.11. The molecule has 0 amide bonds. The molecule has 0 unspecified atom stereocenters. The summed E-state index contributed by atoms with van der Waals surface area (Å²) in [4.78, 5) is 36.7. The maximum absolute atomic E-state index is 13.2. The predicted octanol–water partition coefficient (Wildman–Crippen LogP) is 1.42. The number of aryl methyl sites for hydroxylation is 2. The van der Waals surface area contributed by atoms with Crippen molar-refractivity contribution in [2.24, 2.45) is 0 Å². The van der Waals surface area contributed by atoms with E-state index in [1.54, 1.807) is 0 Å². The number of thioether (sulfide) groups is 1. The summed E-state index contributed by atoms with van der Waals surface area (Å²) < 4.78 is 32.7. The lowest BCUT2D eigenvalue weighted by Crippen LogP contribution is -2.29. The largest absolute Gasteiger partial charge is 0.416 e. The summed E-state index contributed by atoms with van der Waals surface area (Å²) >= 11 is 0.959. The van der Waals surface area contributed by atoms with Crippen LogP contribution in [0.3, 0.4) is 0 Å². The molecule has 0 aliphatic rings. The SMILES string of the molecule is O=C(CSc1nnc(CCn2ccc(=O)[nH]c2=O)o1)c1ccc(F)c(F)c1. The van der Waals surface area contributed by atoms with E-state index < -0.39 is 28.7 Å². The third kappa shape index (κ3) is 4.76. The molecular formula is C16H12F2N4O4S. The number of aromatic nitrogens is 4. The van der Waals surface area contributed by atoms with Gasteiger partial charge in [0.25, 0.3) is 10.8 Å². The Morgan fingerprint density at radius 3 is 2.74 bits per heavy atom. The first-order chi connectivity index (χ1) is 12.9. The van der Waals surface area contributed by atoms with Crippen molar-refractivity contribution < 1.29 is 18.0 Å². The molecule has 0 fully saturated rings. The lowest BCUT2D eigenvalue weighted by atomic mass is 10.1. The minimum atomic E-state index is -1.09. The van der Waals surface area contributed by atoms with Gasteiger partial charge in [0.1, 0.15) is 0 Å². The first kappa shape index (κ1) is 18.7. The van der Waals surface area contributed by atoms with Crippen LogP contribution >= 0.6 is 11.8 Å².